The minimum Gasteiger partial charge on any atom is -0.349 e. The van der Waals surface area contributed by atoms with E-state index < -0.39 is 0 Å². The zero-order chi connectivity index (χ0) is 13.0. The number of alkyl halides is 1. The summed E-state index contributed by atoms with van der Waals surface area (Å²) in [5, 5.41) is 11.7. The van der Waals surface area contributed by atoms with Gasteiger partial charge in [0.25, 0.3) is 5.91 Å². The highest BCUT2D eigenvalue weighted by Gasteiger charge is 2.27. The number of carbonyl (C=O) groups excluding carboxylic acids is 1. The minimum absolute atomic E-state index is 0.0819. The van der Waals surface area contributed by atoms with Crippen LogP contribution in [0.15, 0.2) is 24.3 Å². The molecule has 0 heterocycles. The molecule has 1 fully saturated rings. The van der Waals surface area contributed by atoms with Crippen molar-refractivity contribution in [2.75, 3.05) is 5.88 Å². The SMILES string of the molecule is N#Cc1ccc(C(=O)NC2CCCC2CCl)cc1. The Morgan fingerprint density at radius 1 is 1.39 bits per heavy atom. The van der Waals surface area contributed by atoms with E-state index in [1.54, 1.807) is 24.3 Å². The van der Waals surface area contributed by atoms with Crippen molar-refractivity contribution in [3.63, 3.8) is 0 Å². The van der Waals surface area contributed by atoms with E-state index in [1.165, 1.54) is 0 Å². The van der Waals surface area contributed by atoms with Crippen LogP contribution in [-0.4, -0.2) is 17.8 Å². The summed E-state index contributed by atoms with van der Waals surface area (Å²) in [6.45, 7) is 0. The first-order chi connectivity index (χ1) is 8.74. The van der Waals surface area contributed by atoms with Crippen molar-refractivity contribution >= 4 is 17.5 Å². The molecule has 0 radical (unpaired) electrons. The number of hydrogen-bond donors (Lipinski definition) is 1. The summed E-state index contributed by atoms with van der Waals surface area (Å²) in [4.78, 5) is 12.0. The zero-order valence-electron chi connectivity index (χ0n) is 10.0. The lowest BCUT2D eigenvalue weighted by atomic mass is 10.1. The maximum absolute atomic E-state index is 12.0. The molecule has 2 unspecified atom stereocenters. The fourth-order valence-electron chi connectivity index (χ4n) is 2.36. The van der Waals surface area contributed by atoms with Gasteiger partial charge in [0.05, 0.1) is 11.6 Å². The zero-order valence-corrected chi connectivity index (χ0v) is 10.8. The Labute approximate surface area is 112 Å². The average Bonchev–Trinajstić information content (AvgIpc) is 2.86. The molecule has 2 atom stereocenters. The highest BCUT2D eigenvalue weighted by atomic mass is 35.5. The van der Waals surface area contributed by atoms with Gasteiger partial charge < -0.3 is 5.32 Å². The molecule has 1 aromatic carbocycles. The molecule has 3 nitrogen and oxygen atoms in total. The fourth-order valence-corrected chi connectivity index (χ4v) is 2.73. The van der Waals surface area contributed by atoms with E-state index in [-0.39, 0.29) is 11.9 Å². The molecule has 2 rings (SSSR count). The predicted molar refractivity (Wildman–Crippen MR) is 70.5 cm³/mol. The van der Waals surface area contributed by atoms with Crippen molar-refractivity contribution in [2.24, 2.45) is 5.92 Å². The van der Waals surface area contributed by atoms with Crippen LogP contribution in [0.2, 0.25) is 0 Å². The Kier molecular flexibility index (Phi) is 4.22. The standard InChI is InChI=1S/C14H15ClN2O/c15-8-12-2-1-3-13(12)17-14(18)11-6-4-10(9-16)5-7-11/h4-7,12-13H,1-3,8H2,(H,17,18). The highest BCUT2D eigenvalue weighted by Crippen LogP contribution is 2.26. The molecule has 1 amide bonds. The van der Waals surface area contributed by atoms with Crippen molar-refractivity contribution < 1.29 is 4.79 Å². The van der Waals surface area contributed by atoms with Crippen LogP contribution in [0, 0.1) is 17.2 Å². The van der Waals surface area contributed by atoms with Crippen LogP contribution in [0.1, 0.15) is 35.2 Å². The molecule has 18 heavy (non-hydrogen) atoms. The maximum Gasteiger partial charge on any atom is 0.251 e. The number of nitriles is 1. The van der Waals surface area contributed by atoms with E-state index in [9.17, 15) is 4.79 Å². The lowest BCUT2D eigenvalue weighted by molar-refractivity contribution is 0.0930. The summed E-state index contributed by atoms with van der Waals surface area (Å²) in [5.41, 5.74) is 1.15. The Bertz CT molecular complexity index is 464. The monoisotopic (exact) mass is 262 g/mol. The molecule has 1 saturated carbocycles. The van der Waals surface area contributed by atoms with E-state index >= 15 is 0 Å². The molecule has 94 valence electrons. The number of rotatable bonds is 3. The van der Waals surface area contributed by atoms with E-state index in [0.717, 1.165) is 19.3 Å². The molecule has 0 spiro atoms. The van der Waals surface area contributed by atoms with E-state index in [4.69, 9.17) is 16.9 Å². The minimum atomic E-state index is -0.0819. The third-order valence-electron chi connectivity index (χ3n) is 3.45. The van der Waals surface area contributed by atoms with Crippen molar-refractivity contribution in [1.82, 2.24) is 5.32 Å². The summed E-state index contributed by atoms with van der Waals surface area (Å²) in [7, 11) is 0. The molecule has 0 bridgehead atoms. The largest absolute Gasteiger partial charge is 0.349 e. The third kappa shape index (κ3) is 2.83. The molecule has 0 aliphatic heterocycles. The topological polar surface area (TPSA) is 52.9 Å². The quantitative estimate of drug-likeness (QED) is 0.852. The normalized spacial score (nSPS) is 22.4. The van der Waals surface area contributed by atoms with Gasteiger partial charge >= 0.3 is 0 Å². The summed E-state index contributed by atoms with van der Waals surface area (Å²) in [6, 6.07) is 8.89. The first kappa shape index (κ1) is 12.9. The van der Waals surface area contributed by atoms with Crippen molar-refractivity contribution in [1.29, 1.82) is 5.26 Å². The number of carbonyl (C=O) groups is 1. The Morgan fingerprint density at radius 3 is 2.72 bits per heavy atom. The van der Waals surface area contributed by atoms with Gasteiger partial charge in [-0.1, -0.05) is 6.42 Å². The first-order valence-electron chi connectivity index (χ1n) is 6.11. The number of nitrogens with one attached hydrogen (secondary N) is 1. The highest BCUT2D eigenvalue weighted by molar-refractivity contribution is 6.18. The lowest BCUT2D eigenvalue weighted by Crippen LogP contribution is -2.37. The number of amides is 1. The second-order valence-electron chi connectivity index (χ2n) is 4.61. The van der Waals surface area contributed by atoms with Gasteiger partial charge in [-0.25, -0.2) is 0 Å². The molecule has 1 aliphatic carbocycles. The van der Waals surface area contributed by atoms with Crippen LogP contribution >= 0.6 is 11.6 Å². The molecule has 1 N–H and O–H groups in total. The summed E-state index contributed by atoms with van der Waals surface area (Å²) in [6.07, 6.45) is 3.21. The van der Waals surface area contributed by atoms with Crippen molar-refractivity contribution in [3.05, 3.63) is 35.4 Å². The number of hydrogen-bond acceptors (Lipinski definition) is 2. The van der Waals surface area contributed by atoms with Gasteiger partial charge in [0, 0.05) is 17.5 Å². The van der Waals surface area contributed by atoms with Gasteiger partial charge in [0.2, 0.25) is 0 Å². The fraction of sp³-hybridized carbons (Fsp3) is 0.429. The van der Waals surface area contributed by atoms with Gasteiger partial charge in [0.15, 0.2) is 0 Å². The van der Waals surface area contributed by atoms with Gasteiger partial charge in [-0.3, -0.25) is 4.79 Å². The smallest absolute Gasteiger partial charge is 0.251 e. The molecule has 0 aromatic heterocycles. The van der Waals surface area contributed by atoms with Crippen molar-refractivity contribution in [2.45, 2.75) is 25.3 Å². The van der Waals surface area contributed by atoms with Crippen LogP contribution in [0.4, 0.5) is 0 Å². The number of halogens is 1. The second kappa shape index (κ2) is 5.88. The number of nitrogens with zero attached hydrogens (tertiary/aromatic N) is 1. The second-order valence-corrected chi connectivity index (χ2v) is 4.92. The van der Waals surface area contributed by atoms with E-state index in [2.05, 4.69) is 5.32 Å². The third-order valence-corrected chi connectivity index (χ3v) is 3.85. The Balaban J connectivity index is 2.01. The van der Waals surface area contributed by atoms with Crippen LogP contribution in [0.3, 0.4) is 0 Å². The van der Waals surface area contributed by atoms with E-state index in [0.29, 0.717) is 22.9 Å². The van der Waals surface area contributed by atoms with E-state index in [1.807, 2.05) is 6.07 Å². The van der Waals surface area contributed by atoms with Gasteiger partial charge in [-0.05, 0) is 43.0 Å². The molecule has 1 aromatic rings. The predicted octanol–water partition coefficient (Wildman–Crippen LogP) is 2.70. The average molecular weight is 263 g/mol. The summed E-state index contributed by atoms with van der Waals surface area (Å²) < 4.78 is 0. The number of benzene rings is 1. The van der Waals surface area contributed by atoms with Gasteiger partial charge in [0.1, 0.15) is 0 Å². The first-order valence-corrected chi connectivity index (χ1v) is 6.65. The molecule has 4 heteroatoms. The van der Waals surface area contributed by atoms with Crippen LogP contribution in [0.5, 0.6) is 0 Å². The van der Waals surface area contributed by atoms with Crippen LogP contribution in [0.25, 0.3) is 0 Å². The summed E-state index contributed by atoms with van der Waals surface area (Å²) in [5.74, 6) is 0.897. The lowest BCUT2D eigenvalue weighted by Gasteiger charge is -2.18. The molecule has 1 aliphatic rings. The molecule has 0 saturated heterocycles. The summed E-state index contributed by atoms with van der Waals surface area (Å²) >= 11 is 5.88. The van der Waals surface area contributed by atoms with Crippen LogP contribution < -0.4 is 5.32 Å². The maximum atomic E-state index is 12.0. The van der Waals surface area contributed by atoms with Crippen LogP contribution in [-0.2, 0) is 0 Å². The Hall–Kier alpha value is -1.53. The van der Waals surface area contributed by atoms with Crippen molar-refractivity contribution in [3.8, 4) is 6.07 Å². The Morgan fingerprint density at radius 2 is 2.11 bits per heavy atom. The van der Waals surface area contributed by atoms with Gasteiger partial charge in [-0.15, -0.1) is 11.6 Å². The van der Waals surface area contributed by atoms with Gasteiger partial charge in [-0.2, -0.15) is 5.26 Å². The molecular weight excluding hydrogens is 248 g/mol. The molecular formula is C14H15ClN2O.